The second kappa shape index (κ2) is 13.6. The molecule has 1 fully saturated rings. The van der Waals surface area contributed by atoms with Gasteiger partial charge in [0.15, 0.2) is 0 Å². The van der Waals surface area contributed by atoms with E-state index in [0.717, 1.165) is 12.5 Å². The number of nitrogens with zero attached hydrogens (tertiary/aromatic N) is 1. The van der Waals surface area contributed by atoms with E-state index in [1.807, 2.05) is 33.8 Å². The van der Waals surface area contributed by atoms with E-state index >= 15 is 0 Å². The monoisotopic (exact) mass is 525 g/mol. The Morgan fingerprint density at radius 3 is 1.97 bits per heavy atom. The van der Waals surface area contributed by atoms with E-state index < -0.39 is 38.7 Å². The van der Waals surface area contributed by atoms with Crippen LogP contribution in [0.15, 0.2) is 48.0 Å². The highest BCUT2D eigenvalue weighted by Gasteiger charge is 2.49. The molecule has 1 rings (SSSR count). The van der Waals surface area contributed by atoms with Gasteiger partial charge in [0.1, 0.15) is 17.0 Å². The lowest BCUT2D eigenvalue weighted by Crippen LogP contribution is -2.48. The van der Waals surface area contributed by atoms with Gasteiger partial charge in [-0.15, -0.1) is 0 Å². The lowest BCUT2D eigenvalue weighted by atomic mass is 9.90. The molecular weight excluding hydrogens is 487 g/mol. The van der Waals surface area contributed by atoms with Crippen LogP contribution in [0.5, 0.6) is 0 Å². The third-order valence-corrected chi connectivity index (χ3v) is 5.33. The number of halogens is 3. The van der Waals surface area contributed by atoms with Crippen LogP contribution in [0.1, 0.15) is 68.2 Å². The first-order valence-electron chi connectivity index (χ1n) is 11.3. The van der Waals surface area contributed by atoms with Crippen molar-refractivity contribution in [1.29, 1.82) is 0 Å². The molecule has 7 nitrogen and oxygen atoms in total. The van der Waals surface area contributed by atoms with Crippen molar-refractivity contribution in [2.45, 2.75) is 84.9 Å². The molecule has 0 aromatic rings. The first-order valence-corrected chi connectivity index (χ1v) is 12.7. The molecule has 11 heteroatoms. The molecule has 0 aromatic carbocycles. The number of piperidine rings is 1. The topological polar surface area (TPSA) is 82.1 Å². The van der Waals surface area contributed by atoms with Crippen LogP contribution in [-0.4, -0.2) is 49.2 Å². The van der Waals surface area contributed by atoms with E-state index in [4.69, 9.17) is 9.47 Å². The van der Waals surface area contributed by atoms with Gasteiger partial charge in [0.05, 0.1) is 6.26 Å². The maximum absolute atomic E-state index is 12.7. The van der Waals surface area contributed by atoms with Gasteiger partial charge >= 0.3 is 21.7 Å². The number of carbonyl (C=O) groups excluding carboxylic acids is 1. The van der Waals surface area contributed by atoms with Crippen molar-refractivity contribution >= 4 is 16.2 Å². The van der Waals surface area contributed by atoms with Crippen molar-refractivity contribution in [3.05, 3.63) is 48.0 Å². The molecular formula is C24H38F3NO6S. The van der Waals surface area contributed by atoms with Gasteiger partial charge in [-0.05, 0) is 53.7 Å². The summed E-state index contributed by atoms with van der Waals surface area (Å²) in [5, 5.41) is 0. The fourth-order valence-electron chi connectivity index (χ4n) is 2.84. The summed E-state index contributed by atoms with van der Waals surface area (Å²) in [5.41, 5.74) is -6.32. The number of allylic oxidation sites excluding steroid dienone is 6. The Bertz CT molecular complexity index is 901. The molecule has 35 heavy (non-hydrogen) atoms. The maximum Gasteiger partial charge on any atom is 0.534 e. The second-order valence-electron chi connectivity index (χ2n) is 8.85. The number of likely N-dealkylation sites (tertiary alicyclic amines) is 1. The molecule has 1 heterocycles. The Morgan fingerprint density at radius 1 is 0.971 bits per heavy atom. The Kier molecular flexibility index (Phi) is 12.7. The zero-order valence-electron chi connectivity index (χ0n) is 21.7. The Hall–Kier alpha value is -2.43. The quantitative estimate of drug-likeness (QED) is 0.161. The molecule has 0 spiro atoms. The minimum atomic E-state index is -5.80. The van der Waals surface area contributed by atoms with Crippen LogP contribution in [0, 0.1) is 0 Å². The lowest BCUT2D eigenvalue weighted by Gasteiger charge is -2.39. The molecule has 0 bridgehead atoms. The Morgan fingerprint density at radius 2 is 1.51 bits per heavy atom. The van der Waals surface area contributed by atoms with Gasteiger partial charge in [0.25, 0.3) is 0 Å². The molecule has 0 aromatic heterocycles. The minimum absolute atomic E-state index is 0.182. The standard InChI is InChI=1S/C22H32F3NO6S.C2H6/c1-17(2)10-8-7-9-15-30-21(16-18(3)32-33(28,29)22(23,24)25)11-13-26(14-12-21)19(27)31-20(4,5)6;1-2/h7-10,15-16H,11-14H2,1-6H3;1-2H3/b8-7-,15-9+,18-16+;. The van der Waals surface area contributed by atoms with Crippen molar-refractivity contribution in [3.63, 3.8) is 0 Å². The average Bonchev–Trinajstić information content (AvgIpc) is 2.69. The smallest absolute Gasteiger partial charge is 0.491 e. The third kappa shape index (κ3) is 12.2. The van der Waals surface area contributed by atoms with Crippen LogP contribution in [0.25, 0.3) is 0 Å². The van der Waals surface area contributed by atoms with Gasteiger partial charge in [-0.1, -0.05) is 37.6 Å². The molecule has 0 saturated carbocycles. The van der Waals surface area contributed by atoms with Gasteiger partial charge in [0.2, 0.25) is 0 Å². The fourth-order valence-corrected chi connectivity index (χ4v) is 3.33. The molecule has 1 amide bonds. The predicted molar refractivity (Wildman–Crippen MR) is 130 cm³/mol. The van der Waals surface area contributed by atoms with Gasteiger partial charge in [-0.3, -0.25) is 0 Å². The number of hydrogen-bond donors (Lipinski definition) is 0. The predicted octanol–water partition coefficient (Wildman–Crippen LogP) is 6.61. The molecule has 0 aliphatic carbocycles. The summed E-state index contributed by atoms with van der Waals surface area (Å²) in [7, 11) is -5.80. The fraction of sp³-hybridized carbons (Fsp3) is 0.625. The zero-order valence-corrected chi connectivity index (χ0v) is 22.5. The van der Waals surface area contributed by atoms with Crippen LogP contribution in [-0.2, 0) is 23.8 Å². The van der Waals surface area contributed by atoms with Crippen molar-refractivity contribution in [2.24, 2.45) is 0 Å². The number of ether oxygens (including phenoxy) is 2. The highest BCUT2D eigenvalue weighted by molar-refractivity contribution is 7.87. The van der Waals surface area contributed by atoms with Crippen molar-refractivity contribution in [3.8, 4) is 0 Å². The van der Waals surface area contributed by atoms with Crippen molar-refractivity contribution in [1.82, 2.24) is 4.90 Å². The minimum Gasteiger partial charge on any atom is -0.491 e. The Labute approximate surface area is 207 Å². The van der Waals surface area contributed by atoms with Crippen LogP contribution in [0.4, 0.5) is 18.0 Å². The highest BCUT2D eigenvalue weighted by Crippen LogP contribution is 2.32. The van der Waals surface area contributed by atoms with E-state index in [-0.39, 0.29) is 25.9 Å². The summed E-state index contributed by atoms with van der Waals surface area (Å²) >= 11 is 0. The first-order chi connectivity index (χ1) is 16.0. The second-order valence-corrected chi connectivity index (χ2v) is 10.4. The molecule has 1 aliphatic heterocycles. The van der Waals surface area contributed by atoms with E-state index in [1.54, 1.807) is 39.0 Å². The molecule has 0 atom stereocenters. The number of rotatable bonds is 7. The number of carbonyl (C=O) groups is 1. The van der Waals surface area contributed by atoms with Gasteiger partial charge in [0, 0.05) is 25.9 Å². The van der Waals surface area contributed by atoms with E-state index in [1.165, 1.54) is 17.2 Å². The molecule has 1 saturated heterocycles. The average molecular weight is 526 g/mol. The van der Waals surface area contributed by atoms with Crippen LogP contribution in [0.2, 0.25) is 0 Å². The summed E-state index contributed by atoms with van der Waals surface area (Å²) in [6.45, 7) is 14.5. The third-order valence-electron chi connectivity index (χ3n) is 4.29. The summed E-state index contributed by atoms with van der Waals surface area (Å²) in [6.07, 6.45) is 9.37. The largest absolute Gasteiger partial charge is 0.534 e. The Balaban J connectivity index is 0.00000562. The number of hydrogen-bond acceptors (Lipinski definition) is 6. The summed E-state index contributed by atoms with van der Waals surface area (Å²) in [6, 6.07) is 0. The highest BCUT2D eigenvalue weighted by atomic mass is 32.2. The first kappa shape index (κ1) is 32.6. The molecule has 202 valence electrons. The molecule has 0 N–H and O–H groups in total. The van der Waals surface area contributed by atoms with Gasteiger partial charge in [-0.25, -0.2) is 4.79 Å². The van der Waals surface area contributed by atoms with E-state index in [9.17, 15) is 26.4 Å². The van der Waals surface area contributed by atoms with Gasteiger partial charge in [-0.2, -0.15) is 21.6 Å². The van der Waals surface area contributed by atoms with E-state index in [2.05, 4.69) is 4.18 Å². The summed E-state index contributed by atoms with van der Waals surface area (Å²) < 4.78 is 76.1. The van der Waals surface area contributed by atoms with Crippen LogP contribution >= 0.6 is 0 Å². The van der Waals surface area contributed by atoms with Crippen molar-refractivity contribution in [2.75, 3.05) is 13.1 Å². The molecule has 1 aliphatic rings. The van der Waals surface area contributed by atoms with Crippen LogP contribution in [0.3, 0.4) is 0 Å². The van der Waals surface area contributed by atoms with E-state index in [0.29, 0.717) is 0 Å². The molecule has 0 radical (unpaired) electrons. The summed E-state index contributed by atoms with van der Waals surface area (Å²) in [4.78, 5) is 13.8. The SMILES string of the molecule is CC.CC(C)=C/C=C\C=C\OC1(/C=C(\C)OS(=O)(=O)C(F)(F)F)CCN(C(=O)OC(C)(C)C)CC1. The zero-order chi connectivity index (χ0) is 27.5. The van der Waals surface area contributed by atoms with Crippen molar-refractivity contribution < 1.29 is 40.0 Å². The summed E-state index contributed by atoms with van der Waals surface area (Å²) in [5.74, 6) is -0.480. The normalized spacial score (nSPS) is 17.0. The molecule has 0 unspecified atom stereocenters. The number of alkyl halides is 3. The maximum atomic E-state index is 12.7. The number of amides is 1. The van der Waals surface area contributed by atoms with Gasteiger partial charge < -0.3 is 18.6 Å². The van der Waals surface area contributed by atoms with Crippen LogP contribution < -0.4 is 0 Å². The lowest BCUT2D eigenvalue weighted by molar-refractivity contribution is -0.0526.